The third-order valence-corrected chi connectivity index (χ3v) is 3.58. The maximum absolute atomic E-state index is 11.9. The van der Waals surface area contributed by atoms with E-state index < -0.39 is 0 Å². The fraction of sp³-hybridized carbons (Fsp3) is 0.154. The van der Waals surface area contributed by atoms with Gasteiger partial charge in [-0.05, 0) is 21.5 Å². The summed E-state index contributed by atoms with van der Waals surface area (Å²) in [4.78, 5) is 15.2. The summed E-state index contributed by atoms with van der Waals surface area (Å²) in [5, 5.41) is 2.88. The number of aromatic amines is 1. The van der Waals surface area contributed by atoms with E-state index in [1.54, 1.807) is 0 Å². The number of benzene rings is 1. The number of amides is 1. The van der Waals surface area contributed by atoms with Crippen molar-refractivity contribution in [2.45, 2.75) is 6.42 Å². The Labute approximate surface area is 107 Å². The van der Waals surface area contributed by atoms with Crippen molar-refractivity contribution in [3.05, 3.63) is 46.2 Å². The van der Waals surface area contributed by atoms with E-state index in [1.165, 1.54) is 0 Å². The molecule has 2 N–H and O–H groups in total. The van der Waals surface area contributed by atoms with Gasteiger partial charge in [0.05, 0.1) is 10.2 Å². The Balaban J connectivity index is 2.24. The molecule has 1 aliphatic rings. The number of nitrogens with one attached hydrogen (secondary N) is 2. The van der Waals surface area contributed by atoms with Crippen molar-refractivity contribution in [3.8, 4) is 11.1 Å². The predicted molar refractivity (Wildman–Crippen MR) is 70.0 cm³/mol. The fourth-order valence-corrected chi connectivity index (χ4v) is 2.89. The van der Waals surface area contributed by atoms with Gasteiger partial charge in [0.2, 0.25) is 0 Å². The second-order valence-corrected chi connectivity index (χ2v) is 4.83. The monoisotopic (exact) mass is 290 g/mol. The minimum Gasteiger partial charge on any atom is -0.352 e. The van der Waals surface area contributed by atoms with Gasteiger partial charge in [-0.1, -0.05) is 30.3 Å². The summed E-state index contributed by atoms with van der Waals surface area (Å²) in [6.07, 6.45) is 0.854. The number of hydrogen-bond acceptors (Lipinski definition) is 1. The van der Waals surface area contributed by atoms with Crippen LogP contribution in [0.4, 0.5) is 0 Å². The average molecular weight is 291 g/mol. The molecule has 86 valence electrons. The summed E-state index contributed by atoms with van der Waals surface area (Å²) >= 11 is 3.51. The van der Waals surface area contributed by atoms with E-state index in [0.29, 0.717) is 6.54 Å². The zero-order valence-electron chi connectivity index (χ0n) is 9.09. The molecule has 0 radical (unpaired) electrons. The van der Waals surface area contributed by atoms with Crippen LogP contribution in [0.1, 0.15) is 16.1 Å². The molecule has 2 aromatic rings. The van der Waals surface area contributed by atoms with Crippen LogP contribution >= 0.6 is 15.9 Å². The summed E-state index contributed by atoms with van der Waals surface area (Å²) in [7, 11) is 0. The van der Waals surface area contributed by atoms with Gasteiger partial charge in [0, 0.05) is 24.2 Å². The van der Waals surface area contributed by atoms with Crippen molar-refractivity contribution < 1.29 is 4.79 Å². The molecule has 1 aromatic carbocycles. The van der Waals surface area contributed by atoms with Crippen LogP contribution in [0.25, 0.3) is 11.1 Å². The first kappa shape index (κ1) is 10.6. The molecule has 0 bridgehead atoms. The molecular formula is C13H11BrN2O. The quantitative estimate of drug-likeness (QED) is 0.833. The maximum atomic E-state index is 11.9. The number of carbonyl (C=O) groups is 1. The number of fused-ring (bicyclic) bond motifs is 1. The highest BCUT2D eigenvalue weighted by atomic mass is 79.9. The lowest BCUT2D eigenvalue weighted by Gasteiger charge is -2.13. The lowest BCUT2D eigenvalue weighted by atomic mass is 9.99. The Morgan fingerprint density at radius 2 is 1.88 bits per heavy atom. The highest BCUT2D eigenvalue weighted by Crippen LogP contribution is 2.34. The molecule has 2 heterocycles. The van der Waals surface area contributed by atoms with Crippen LogP contribution in [0.5, 0.6) is 0 Å². The van der Waals surface area contributed by atoms with Crippen molar-refractivity contribution in [2.75, 3.05) is 6.54 Å². The largest absolute Gasteiger partial charge is 0.352 e. The van der Waals surface area contributed by atoms with Gasteiger partial charge in [-0.2, -0.15) is 0 Å². The zero-order chi connectivity index (χ0) is 11.8. The highest BCUT2D eigenvalue weighted by Gasteiger charge is 2.25. The lowest BCUT2D eigenvalue weighted by Crippen LogP contribution is -2.31. The molecule has 0 aliphatic carbocycles. The predicted octanol–water partition coefficient (Wildman–Crippen LogP) is 2.73. The molecule has 1 aromatic heterocycles. The molecule has 1 aliphatic heterocycles. The zero-order valence-corrected chi connectivity index (χ0v) is 10.7. The number of H-pyrrole nitrogens is 1. The SMILES string of the molecule is O=C1NCCc2[nH]c(Br)c(-c3ccccc3)c21. The molecule has 3 nitrogen and oxygen atoms in total. The third kappa shape index (κ3) is 1.69. The Bertz CT molecular complexity index is 575. The smallest absolute Gasteiger partial charge is 0.253 e. The second kappa shape index (κ2) is 4.04. The van der Waals surface area contributed by atoms with Crippen molar-refractivity contribution in [1.29, 1.82) is 0 Å². The Morgan fingerprint density at radius 1 is 1.12 bits per heavy atom. The van der Waals surface area contributed by atoms with Crippen molar-refractivity contribution in [1.82, 2.24) is 10.3 Å². The van der Waals surface area contributed by atoms with E-state index in [0.717, 1.165) is 33.4 Å². The third-order valence-electron chi connectivity index (χ3n) is 2.98. The number of halogens is 1. The Kier molecular flexibility index (Phi) is 2.52. The summed E-state index contributed by atoms with van der Waals surface area (Å²) in [6, 6.07) is 9.94. The minimum atomic E-state index is 0.00653. The van der Waals surface area contributed by atoms with Crippen LogP contribution in [0, 0.1) is 0 Å². The van der Waals surface area contributed by atoms with E-state index >= 15 is 0 Å². The van der Waals surface area contributed by atoms with E-state index in [1.807, 2.05) is 30.3 Å². The van der Waals surface area contributed by atoms with Crippen molar-refractivity contribution >= 4 is 21.8 Å². The number of aromatic nitrogens is 1. The van der Waals surface area contributed by atoms with Crippen molar-refractivity contribution in [3.63, 3.8) is 0 Å². The first-order chi connectivity index (χ1) is 8.27. The van der Waals surface area contributed by atoms with Gasteiger partial charge in [0.25, 0.3) is 5.91 Å². The molecule has 17 heavy (non-hydrogen) atoms. The standard InChI is InChI=1S/C13H11BrN2O/c14-12-10(8-4-2-1-3-5-8)11-9(16-12)6-7-15-13(11)17/h1-5,16H,6-7H2,(H,15,17). The Morgan fingerprint density at radius 3 is 2.65 bits per heavy atom. The Hall–Kier alpha value is -1.55. The molecule has 1 amide bonds. The molecule has 0 unspecified atom stereocenters. The molecular weight excluding hydrogens is 280 g/mol. The minimum absolute atomic E-state index is 0.00653. The van der Waals surface area contributed by atoms with Crippen LogP contribution in [-0.2, 0) is 6.42 Å². The average Bonchev–Trinajstić information content (AvgIpc) is 2.68. The van der Waals surface area contributed by atoms with Gasteiger partial charge in [-0.15, -0.1) is 0 Å². The number of hydrogen-bond donors (Lipinski definition) is 2. The first-order valence-electron chi connectivity index (χ1n) is 5.51. The summed E-state index contributed by atoms with van der Waals surface area (Å²) in [6.45, 7) is 0.701. The van der Waals surface area contributed by atoms with Gasteiger partial charge in [0.1, 0.15) is 0 Å². The summed E-state index contributed by atoms with van der Waals surface area (Å²) in [5.41, 5.74) is 3.79. The van der Waals surface area contributed by atoms with Crippen LogP contribution in [0.15, 0.2) is 34.9 Å². The molecule has 0 saturated carbocycles. The summed E-state index contributed by atoms with van der Waals surface area (Å²) in [5.74, 6) is 0.00653. The van der Waals surface area contributed by atoms with E-state index in [9.17, 15) is 4.79 Å². The van der Waals surface area contributed by atoms with Crippen molar-refractivity contribution in [2.24, 2.45) is 0 Å². The van der Waals surface area contributed by atoms with Gasteiger partial charge in [-0.25, -0.2) is 0 Å². The van der Waals surface area contributed by atoms with E-state index in [4.69, 9.17) is 0 Å². The van der Waals surface area contributed by atoms with Gasteiger partial charge < -0.3 is 10.3 Å². The molecule has 0 fully saturated rings. The fourth-order valence-electron chi connectivity index (χ4n) is 2.22. The van der Waals surface area contributed by atoms with Crippen LogP contribution in [-0.4, -0.2) is 17.4 Å². The van der Waals surface area contributed by atoms with Gasteiger partial charge in [0.15, 0.2) is 0 Å². The maximum Gasteiger partial charge on any atom is 0.253 e. The second-order valence-electron chi connectivity index (χ2n) is 4.04. The van der Waals surface area contributed by atoms with Crippen LogP contribution in [0.2, 0.25) is 0 Å². The summed E-state index contributed by atoms with van der Waals surface area (Å²) < 4.78 is 0.880. The molecule has 4 heteroatoms. The number of carbonyl (C=O) groups excluding carboxylic acids is 1. The van der Waals surface area contributed by atoms with E-state index in [2.05, 4.69) is 26.2 Å². The molecule has 3 rings (SSSR count). The highest BCUT2D eigenvalue weighted by molar-refractivity contribution is 9.10. The molecule has 0 spiro atoms. The van der Waals surface area contributed by atoms with E-state index in [-0.39, 0.29) is 5.91 Å². The van der Waals surface area contributed by atoms with Crippen LogP contribution < -0.4 is 5.32 Å². The molecule has 0 atom stereocenters. The van der Waals surface area contributed by atoms with Gasteiger partial charge >= 0.3 is 0 Å². The topological polar surface area (TPSA) is 44.9 Å². The normalized spacial score (nSPS) is 14.3. The first-order valence-corrected chi connectivity index (χ1v) is 6.30. The number of rotatable bonds is 1. The molecule has 0 saturated heterocycles. The van der Waals surface area contributed by atoms with Gasteiger partial charge in [-0.3, -0.25) is 4.79 Å². The lowest BCUT2D eigenvalue weighted by molar-refractivity contribution is 0.0946. The van der Waals surface area contributed by atoms with Crippen LogP contribution in [0.3, 0.4) is 0 Å².